The molecule has 0 bridgehead atoms. The van der Waals surface area contributed by atoms with E-state index in [-0.39, 0.29) is 42.9 Å². The molecule has 0 aromatic heterocycles. The summed E-state index contributed by atoms with van der Waals surface area (Å²) in [5.74, 6) is 5.41. The fourth-order valence-corrected chi connectivity index (χ4v) is 18.4. The first-order chi connectivity index (χ1) is 46.3. The Bertz CT molecular complexity index is 3840. The molecule has 502 valence electrons. The van der Waals surface area contributed by atoms with Crippen LogP contribution in [0.4, 0.5) is 9.59 Å². The molecule has 2 unspecified atom stereocenters. The van der Waals surface area contributed by atoms with E-state index in [2.05, 4.69) is 135 Å². The molecule has 0 radical (unpaired) electrons. The Balaban J connectivity index is 0.000000131. The van der Waals surface area contributed by atoms with Crippen molar-refractivity contribution in [2.24, 2.45) is 46.3 Å². The van der Waals surface area contributed by atoms with E-state index in [0.29, 0.717) is 41.5 Å². The lowest BCUT2D eigenvalue weighted by molar-refractivity contribution is -0.160. The van der Waals surface area contributed by atoms with Crippen molar-refractivity contribution in [2.75, 3.05) is 13.2 Å². The number of Topliss-reactive ketones (excluding diaryl/α,β-unsaturated/α-hetero) is 2. The van der Waals surface area contributed by atoms with Crippen LogP contribution >= 0.6 is 0 Å². The normalized spacial score (nSPS) is 23.5. The maximum absolute atomic E-state index is 11.7. The van der Waals surface area contributed by atoms with Gasteiger partial charge in [0.25, 0.3) is 0 Å². The van der Waals surface area contributed by atoms with Gasteiger partial charge in [-0.05, 0) is 233 Å². The largest absolute Gasteiger partial charge is 0.463 e. The van der Waals surface area contributed by atoms with Crippen LogP contribution in [0.1, 0.15) is 179 Å². The predicted octanol–water partition coefficient (Wildman–Crippen LogP) is 18.3. The average Bonchev–Trinajstić information content (AvgIpc) is 1.23. The van der Waals surface area contributed by atoms with Crippen LogP contribution in [0.2, 0.25) is 0 Å². The Morgan fingerprint density at radius 1 is 0.521 bits per heavy atom. The quantitative estimate of drug-likeness (QED) is 0.0387. The molecular weight excluding hydrogens is 1200 g/mol. The van der Waals surface area contributed by atoms with Gasteiger partial charge in [0.2, 0.25) is 0 Å². The number of aryl methyl sites for hydroxylation is 1. The summed E-state index contributed by atoms with van der Waals surface area (Å²) in [7, 11) is 0. The molecule has 11 atom stereocenters. The number of amides is 2. The Hall–Kier alpha value is -8.51. The number of carbonyl (C=O) groups is 7. The van der Waals surface area contributed by atoms with Gasteiger partial charge in [0.05, 0.1) is 12.1 Å². The molecule has 6 aliphatic rings. The highest BCUT2D eigenvalue weighted by Crippen LogP contribution is 2.68. The van der Waals surface area contributed by atoms with Gasteiger partial charge in [0, 0.05) is 31.6 Å². The van der Waals surface area contributed by atoms with Crippen molar-refractivity contribution in [3.8, 4) is 22.3 Å². The molecule has 8 aromatic rings. The maximum atomic E-state index is 11.7. The van der Waals surface area contributed by atoms with Crippen LogP contribution in [0.3, 0.4) is 0 Å². The second-order valence-electron chi connectivity index (χ2n) is 29.1. The third-order valence-corrected chi connectivity index (χ3v) is 23.0. The Labute approximate surface area is 566 Å². The van der Waals surface area contributed by atoms with E-state index in [1.54, 1.807) is 34.6 Å². The predicted molar refractivity (Wildman–Crippen MR) is 381 cm³/mol. The smallest absolute Gasteiger partial charge is 0.407 e. The zero-order chi connectivity index (χ0) is 67.8. The van der Waals surface area contributed by atoms with Crippen molar-refractivity contribution in [3.63, 3.8) is 0 Å². The van der Waals surface area contributed by atoms with E-state index >= 15 is 0 Å². The van der Waals surface area contributed by atoms with Crippen LogP contribution in [-0.2, 0) is 44.6 Å². The van der Waals surface area contributed by atoms with Crippen LogP contribution in [0.25, 0.3) is 54.6 Å². The van der Waals surface area contributed by atoms with Gasteiger partial charge >= 0.3 is 18.2 Å². The molecule has 96 heavy (non-hydrogen) atoms. The number of aldehydes is 2. The van der Waals surface area contributed by atoms with Gasteiger partial charge in [0.1, 0.15) is 43.5 Å². The zero-order valence-corrected chi connectivity index (χ0v) is 57.3. The van der Waals surface area contributed by atoms with E-state index in [1.165, 1.54) is 127 Å². The van der Waals surface area contributed by atoms with E-state index in [9.17, 15) is 33.6 Å². The standard InChI is InChI=1S/C27H44O3.C21H18O.2C18H17NO3/c1-17(6-7-18(2)28)23-10-11-24-22-9-8-20-16-21(30-19(3)29)12-14-26(20,4)25(22)13-15-27(23,24)5;1-14(22)4-2-5-15-12-18-10-8-16-6-3-7-17-9-11-19(13-15)21(18)20(16)17;2*1-12(10-20)19-18(21)22-11-17-15-8-4-2-6-13(15)14-7-3-5-9-16(14)17/h17,20-25H,6-16H2,1-5H3;3,6-13H,2,4-5H2,1H3;2*2-10,12,17H,11H2,1H3,(H,19,21)/t17-,20?,21?,22+,23-,24+,25+,26+,27-;;2*12-/m1.10/s1. The molecule has 0 heterocycles. The molecule has 8 aromatic carbocycles. The lowest BCUT2D eigenvalue weighted by Crippen LogP contribution is -2.54. The van der Waals surface area contributed by atoms with Gasteiger partial charge in [-0.2, -0.15) is 0 Å². The van der Waals surface area contributed by atoms with E-state index in [0.717, 1.165) is 68.1 Å². The summed E-state index contributed by atoms with van der Waals surface area (Å²) in [5.41, 5.74) is 11.7. The van der Waals surface area contributed by atoms with Crippen molar-refractivity contribution in [1.82, 2.24) is 10.6 Å². The van der Waals surface area contributed by atoms with Crippen LogP contribution in [0, 0.1) is 46.3 Å². The number of fused-ring (bicyclic) bond motifs is 11. The maximum Gasteiger partial charge on any atom is 0.407 e. The minimum Gasteiger partial charge on any atom is -0.463 e. The summed E-state index contributed by atoms with van der Waals surface area (Å²) in [6.45, 7) is 16.3. The molecule has 12 nitrogen and oxygen atoms in total. The first kappa shape index (κ1) is 68.9. The van der Waals surface area contributed by atoms with Crippen LogP contribution in [-0.4, -0.2) is 73.7 Å². The number of nitrogens with one attached hydrogen (secondary N) is 2. The van der Waals surface area contributed by atoms with Crippen molar-refractivity contribution >= 4 is 74.6 Å². The first-order valence-electron chi connectivity index (χ1n) is 35.2. The second-order valence-corrected chi connectivity index (χ2v) is 29.1. The number of benzene rings is 8. The lowest BCUT2D eigenvalue weighted by Gasteiger charge is -2.61. The van der Waals surface area contributed by atoms with Crippen LogP contribution in [0.5, 0.6) is 0 Å². The van der Waals surface area contributed by atoms with Crippen molar-refractivity contribution in [1.29, 1.82) is 0 Å². The van der Waals surface area contributed by atoms with Gasteiger partial charge < -0.3 is 44.0 Å². The number of hydrogen-bond donors (Lipinski definition) is 2. The SMILES string of the molecule is CC(=O)CCCc1cc2ccc3cccc4ccc(c1)c2c34.CC(=O)CC[C@@H](C)[C@H]1CC[C@H]2[C@@H]3CCC4CC(OC(C)=O)CC[C@]4(C)[C@H]3CC[C@]12C.C[C@@H](C=O)NC(=O)OCC1c2ccccc2-c2ccccc21.C[C@H](C=O)NC(=O)OCC1c2ccccc2-c2ccccc21. The Kier molecular flexibility index (Phi) is 21.7. The zero-order valence-electron chi connectivity index (χ0n) is 57.3. The van der Waals surface area contributed by atoms with Crippen LogP contribution in [0.15, 0.2) is 152 Å². The number of carbonyl (C=O) groups excluding carboxylic acids is 7. The highest BCUT2D eigenvalue weighted by atomic mass is 16.6. The van der Waals surface area contributed by atoms with Gasteiger partial charge in [-0.15, -0.1) is 0 Å². The summed E-state index contributed by atoms with van der Waals surface area (Å²) in [5, 5.41) is 12.9. The molecule has 6 aliphatic carbocycles. The topological polar surface area (TPSA) is 171 Å². The van der Waals surface area contributed by atoms with Gasteiger partial charge in [-0.25, -0.2) is 9.59 Å². The summed E-state index contributed by atoms with van der Waals surface area (Å²) in [4.78, 5) is 78.6. The monoisotopic (exact) mass is 1290 g/mol. The van der Waals surface area contributed by atoms with Crippen LogP contribution < -0.4 is 10.6 Å². The van der Waals surface area contributed by atoms with Crippen molar-refractivity contribution in [2.45, 2.75) is 175 Å². The number of hydrogen-bond acceptors (Lipinski definition) is 10. The molecule has 0 saturated heterocycles. The van der Waals surface area contributed by atoms with Gasteiger partial charge in [0.15, 0.2) is 0 Å². The summed E-state index contributed by atoms with van der Waals surface area (Å²) >= 11 is 0. The average molecular weight is 1290 g/mol. The molecule has 2 N–H and O–H groups in total. The van der Waals surface area contributed by atoms with Crippen molar-refractivity contribution < 1.29 is 47.8 Å². The molecule has 0 aliphatic heterocycles. The minimum atomic E-state index is -0.568. The molecule has 12 heteroatoms. The third kappa shape index (κ3) is 14.9. The Morgan fingerprint density at radius 2 is 0.979 bits per heavy atom. The molecule has 2 amide bonds. The molecule has 14 rings (SSSR count). The van der Waals surface area contributed by atoms with Gasteiger partial charge in [-0.3, -0.25) is 4.79 Å². The number of alkyl carbamates (subject to hydrolysis) is 2. The fraction of sp³-hybridized carbons (Fsp3) is 0.440. The van der Waals surface area contributed by atoms with Crippen molar-refractivity contribution in [3.05, 3.63) is 179 Å². The van der Waals surface area contributed by atoms with E-state index < -0.39 is 24.3 Å². The number of esters is 1. The number of ether oxygens (including phenoxy) is 3. The summed E-state index contributed by atoms with van der Waals surface area (Å²) < 4.78 is 16.2. The summed E-state index contributed by atoms with van der Waals surface area (Å²) in [6, 6.07) is 51.4. The minimum absolute atomic E-state index is 0.0321. The number of rotatable bonds is 17. The number of ketones is 2. The second kappa shape index (κ2) is 30.3. The highest BCUT2D eigenvalue weighted by molar-refractivity contribution is 6.23. The first-order valence-corrected chi connectivity index (χ1v) is 35.2. The van der Waals surface area contributed by atoms with Gasteiger partial charge in [-0.1, -0.05) is 172 Å². The lowest BCUT2D eigenvalue weighted by atomic mass is 9.44. The third-order valence-electron chi connectivity index (χ3n) is 23.0. The van der Waals surface area contributed by atoms with E-state index in [1.807, 2.05) is 48.5 Å². The molecular formula is C84H96N2O10. The molecule has 4 fully saturated rings. The summed E-state index contributed by atoms with van der Waals surface area (Å²) in [6.07, 6.45) is 16.4. The molecule has 0 spiro atoms. The Morgan fingerprint density at radius 3 is 1.46 bits per heavy atom. The van der Waals surface area contributed by atoms with E-state index in [4.69, 9.17) is 14.2 Å². The fourth-order valence-electron chi connectivity index (χ4n) is 18.4. The highest BCUT2D eigenvalue weighted by Gasteiger charge is 2.61. The molecule has 4 saturated carbocycles.